The van der Waals surface area contributed by atoms with Crippen LogP contribution in [0.2, 0.25) is 5.02 Å². The molecular formula is C18H11ClF8N6O. The summed E-state index contributed by atoms with van der Waals surface area (Å²) in [5.74, 6) is -5.48. The van der Waals surface area contributed by atoms with Gasteiger partial charge in [-0.05, 0) is 6.07 Å². The zero-order valence-electron chi connectivity index (χ0n) is 16.4. The molecule has 7 nitrogen and oxygen atoms in total. The molecule has 0 aliphatic carbocycles. The fourth-order valence-electron chi connectivity index (χ4n) is 2.72. The van der Waals surface area contributed by atoms with Gasteiger partial charge in [-0.1, -0.05) is 11.6 Å². The molecule has 0 spiro atoms. The van der Waals surface area contributed by atoms with E-state index in [1.165, 1.54) is 0 Å². The molecule has 0 fully saturated rings. The van der Waals surface area contributed by atoms with Gasteiger partial charge in [-0.25, -0.2) is 9.97 Å². The number of aromatic nitrogens is 5. The molecule has 0 unspecified atom stereocenters. The van der Waals surface area contributed by atoms with Crippen molar-refractivity contribution in [1.29, 1.82) is 0 Å². The largest absolute Gasteiger partial charge is 0.435 e. The van der Waals surface area contributed by atoms with Gasteiger partial charge in [-0.2, -0.15) is 40.2 Å². The molecule has 0 radical (unpaired) electrons. The fraction of sp³-hybridized carbons (Fsp3) is 0.278. The van der Waals surface area contributed by atoms with Gasteiger partial charge in [0.2, 0.25) is 0 Å². The zero-order valence-corrected chi connectivity index (χ0v) is 17.2. The Kier molecular flexibility index (Phi) is 6.78. The van der Waals surface area contributed by atoms with E-state index in [4.69, 9.17) is 11.6 Å². The maximum atomic E-state index is 14.6. The van der Waals surface area contributed by atoms with Crippen LogP contribution in [0.4, 0.5) is 35.1 Å². The van der Waals surface area contributed by atoms with Crippen LogP contribution in [0, 0.1) is 0 Å². The molecule has 3 rings (SSSR count). The molecule has 34 heavy (non-hydrogen) atoms. The summed E-state index contributed by atoms with van der Waals surface area (Å²) in [7, 11) is 0. The van der Waals surface area contributed by atoms with Crippen LogP contribution in [0.1, 0.15) is 21.9 Å². The van der Waals surface area contributed by atoms with Crippen molar-refractivity contribution in [2.24, 2.45) is 0 Å². The lowest BCUT2D eigenvalue weighted by Crippen LogP contribution is -2.37. The Balaban J connectivity index is 1.76. The van der Waals surface area contributed by atoms with Crippen molar-refractivity contribution in [2.45, 2.75) is 24.8 Å². The van der Waals surface area contributed by atoms with Gasteiger partial charge in [0, 0.05) is 35.9 Å². The first-order chi connectivity index (χ1) is 15.7. The first-order valence-corrected chi connectivity index (χ1v) is 9.35. The molecule has 3 aromatic heterocycles. The average Bonchev–Trinajstić information content (AvgIpc) is 3.18. The van der Waals surface area contributed by atoms with Crippen LogP contribution in [0.5, 0.6) is 0 Å². The van der Waals surface area contributed by atoms with Crippen molar-refractivity contribution in [3.8, 4) is 11.1 Å². The molecular weight excluding hydrogens is 504 g/mol. The molecule has 0 aliphatic heterocycles. The molecule has 0 saturated heterocycles. The number of nitrogens with one attached hydrogen (secondary N) is 1. The van der Waals surface area contributed by atoms with Crippen LogP contribution >= 0.6 is 11.6 Å². The van der Waals surface area contributed by atoms with Crippen molar-refractivity contribution < 1.29 is 39.9 Å². The second kappa shape index (κ2) is 9.12. The van der Waals surface area contributed by atoms with Crippen LogP contribution in [0.3, 0.4) is 0 Å². The van der Waals surface area contributed by atoms with Crippen LogP contribution in [0.15, 0.2) is 37.1 Å². The first-order valence-electron chi connectivity index (χ1n) is 8.97. The van der Waals surface area contributed by atoms with Gasteiger partial charge in [-0.15, -0.1) is 0 Å². The van der Waals surface area contributed by atoms with Crippen LogP contribution < -0.4 is 5.32 Å². The molecule has 3 heterocycles. The average molecular weight is 515 g/mol. The molecule has 3 aromatic rings. The number of nitrogens with zero attached hydrogens (tertiary/aromatic N) is 5. The van der Waals surface area contributed by atoms with E-state index in [-0.39, 0.29) is 11.1 Å². The van der Waals surface area contributed by atoms with Gasteiger partial charge >= 0.3 is 18.3 Å². The highest BCUT2D eigenvalue weighted by molar-refractivity contribution is 6.31. The monoisotopic (exact) mass is 514 g/mol. The predicted octanol–water partition coefficient (Wildman–Crippen LogP) is 4.49. The van der Waals surface area contributed by atoms with E-state index in [1.807, 2.05) is 0 Å². The molecule has 1 amide bonds. The van der Waals surface area contributed by atoms with Crippen molar-refractivity contribution in [1.82, 2.24) is 30.0 Å². The highest BCUT2D eigenvalue weighted by Gasteiger charge is 2.40. The summed E-state index contributed by atoms with van der Waals surface area (Å²) in [4.78, 5) is 21.8. The van der Waals surface area contributed by atoms with E-state index in [0.717, 1.165) is 30.9 Å². The maximum Gasteiger partial charge on any atom is 0.435 e. The quantitative estimate of drug-likeness (QED) is 0.490. The number of rotatable bonds is 6. The number of amides is 1. The van der Waals surface area contributed by atoms with Crippen LogP contribution in [-0.2, 0) is 18.6 Å². The Bertz CT molecular complexity index is 1190. The Morgan fingerprint density at radius 3 is 2.24 bits per heavy atom. The fourth-order valence-corrected chi connectivity index (χ4v) is 3.02. The molecule has 1 N–H and O–H groups in total. The molecule has 16 heteroatoms. The minimum Gasteiger partial charge on any atom is -0.344 e. The topological polar surface area (TPSA) is 85.6 Å². The third-order valence-corrected chi connectivity index (χ3v) is 4.44. The Labute approximate surface area is 189 Å². The van der Waals surface area contributed by atoms with Crippen LogP contribution in [0.25, 0.3) is 11.1 Å². The third-order valence-electron chi connectivity index (χ3n) is 4.15. The third kappa shape index (κ3) is 5.95. The van der Waals surface area contributed by atoms with Gasteiger partial charge < -0.3 is 5.32 Å². The van der Waals surface area contributed by atoms with Gasteiger partial charge in [0.05, 0.1) is 17.8 Å². The van der Waals surface area contributed by atoms with Crippen molar-refractivity contribution in [3.05, 3.63) is 59.2 Å². The summed E-state index contributed by atoms with van der Waals surface area (Å²) in [5, 5.41) is 4.56. The van der Waals surface area contributed by atoms with Gasteiger partial charge in [0.15, 0.2) is 11.4 Å². The summed E-state index contributed by atoms with van der Waals surface area (Å²) in [6.07, 6.45) is -5.13. The number of carbonyl (C=O) groups excluding carboxylic acids is 1. The predicted molar refractivity (Wildman–Crippen MR) is 99.8 cm³/mol. The minimum atomic E-state index is -5.04. The molecule has 0 bridgehead atoms. The summed E-state index contributed by atoms with van der Waals surface area (Å²) < 4.78 is 106. The standard InChI is InChI=1S/C18H11ClF8N6O/c19-11-3-9(10-5-32-33(6-10)8-17(22,23)24)4-30-13(11)16(20,21)7-31-15(34)12-14(18(25,26)27)29-2-1-28-12/h1-6H,7-8H2,(H,31,34). The van der Waals surface area contributed by atoms with E-state index in [9.17, 15) is 39.9 Å². The molecule has 182 valence electrons. The van der Waals surface area contributed by atoms with Crippen LogP contribution in [-0.4, -0.2) is 43.4 Å². The number of alkyl halides is 8. The molecule has 0 saturated carbocycles. The van der Waals surface area contributed by atoms with Gasteiger partial charge in [-0.3, -0.25) is 14.5 Å². The van der Waals surface area contributed by atoms with E-state index < -0.39 is 59.4 Å². The smallest absolute Gasteiger partial charge is 0.344 e. The summed E-state index contributed by atoms with van der Waals surface area (Å²) in [6, 6.07) is 0.999. The molecule has 0 aromatic carbocycles. The molecule has 0 atom stereocenters. The van der Waals surface area contributed by atoms with Crippen molar-refractivity contribution in [2.75, 3.05) is 6.54 Å². The lowest BCUT2D eigenvalue weighted by atomic mass is 10.1. The highest BCUT2D eigenvalue weighted by Crippen LogP contribution is 2.34. The van der Waals surface area contributed by atoms with E-state index >= 15 is 0 Å². The molecule has 0 aliphatic rings. The van der Waals surface area contributed by atoms with Crippen molar-refractivity contribution >= 4 is 17.5 Å². The minimum absolute atomic E-state index is 0.0800. The summed E-state index contributed by atoms with van der Waals surface area (Å²) in [6.45, 7) is -2.85. The van der Waals surface area contributed by atoms with E-state index in [1.54, 1.807) is 5.32 Å². The lowest BCUT2D eigenvalue weighted by molar-refractivity contribution is -0.143. The number of halogens is 9. The van der Waals surface area contributed by atoms with E-state index in [2.05, 4.69) is 20.1 Å². The Morgan fingerprint density at radius 2 is 1.62 bits per heavy atom. The number of hydrogen-bond acceptors (Lipinski definition) is 5. The van der Waals surface area contributed by atoms with Crippen molar-refractivity contribution in [3.63, 3.8) is 0 Å². The number of hydrogen-bond donors (Lipinski definition) is 1. The highest BCUT2D eigenvalue weighted by atomic mass is 35.5. The van der Waals surface area contributed by atoms with Gasteiger partial charge in [0.1, 0.15) is 12.2 Å². The summed E-state index contributed by atoms with van der Waals surface area (Å²) >= 11 is 5.86. The zero-order chi connectivity index (χ0) is 25.3. The SMILES string of the molecule is O=C(NCC(F)(F)c1ncc(-c2cnn(CC(F)(F)F)c2)cc1Cl)c1nccnc1C(F)(F)F. The normalized spacial score (nSPS) is 12.6. The van der Waals surface area contributed by atoms with Gasteiger partial charge in [0.25, 0.3) is 5.91 Å². The second-order valence-electron chi connectivity index (χ2n) is 6.73. The lowest BCUT2D eigenvalue weighted by Gasteiger charge is -2.18. The number of pyridine rings is 1. The Morgan fingerprint density at radius 1 is 0.941 bits per heavy atom. The van der Waals surface area contributed by atoms with E-state index in [0.29, 0.717) is 10.9 Å². The number of carbonyl (C=O) groups is 1. The maximum absolute atomic E-state index is 14.6. The Hall–Kier alpha value is -3.36. The second-order valence-corrected chi connectivity index (χ2v) is 7.14. The summed E-state index contributed by atoms with van der Waals surface area (Å²) in [5.41, 5.74) is -3.67. The first kappa shape index (κ1) is 25.3.